The molecule has 0 aliphatic rings. The molecule has 1 unspecified atom stereocenters. The summed E-state index contributed by atoms with van der Waals surface area (Å²) in [6, 6.07) is 12.2. The van der Waals surface area contributed by atoms with Crippen molar-refractivity contribution >= 4 is 45.5 Å². The van der Waals surface area contributed by atoms with E-state index in [2.05, 4.69) is 47.1 Å². The van der Waals surface area contributed by atoms with Gasteiger partial charge in [0.2, 0.25) is 5.91 Å². The Kier molecular flexibility index (Phi) is 8.98. The standard InChI is InChI=1S/C25H29N3O4S2/c1-5-16-9-11-17(12-10-16)21(18-8-7-13-33-18)27-14-19(29)28-24-20(25(31)32-6-2)15(3)22(34-24)23(30)26-4/h7-13,21,27H,5-6,14H2,1-4H3,(H,26,30)(H,28,29). The summed E-state index contributed by atoms with van der Waals surface area (Å²) in [5, 5.41) is 11.0. The van der Waals surface area contributed by atoms with Crippen molar-refractivity contribution in [2.75, 3.05) is 25.5 Å². The Morgan fingerprint density at radius 3 is 2.41 bits per heavy atom. The summed E-state index contributed by atoms with van der Waals surface area (Å²) in [5.74, 6) is -1.20. The number of rotatable bonds is 10. The van der Waals surface area contributed by atoms with Gasteiger partial charge in [-0.15, -0.1) is 22.7 Å². The smallest absolute Gasteiger partial charge is 0.341 e. The number of anilines is 1. The fourth-order valence-corrected chi connectivity index (χ4v) is 5.51. The number of carbonyl (C=O) groups is 3. The van der Waals surface area contributed by atoms with Crippen LogP contribution in [0.2, 0.25) is 0 Å². The maximum atomic E-state index is 12.9. The van der Waals surface area contributed by atoms with Crippen LogP contribution < -0.4 is 16.0 Å². The summed E-state index contributed by atoms with van der Waals surface area (Å²) in [6.45, 7) is 5.71. The number of hydrogen-bond acceptors (Lipinski definition) is 7. The van der Waals surface area contributed by atoms with Crippen LogP contribution in [0.25, 0.3) is 0 Å². The molecule has 0 bridgehead atoms. The molecule has 7 nitrogen and oxygen atoms in total. The van der Waals surface area contributed by atoms with Gasteiger partial charge >= 0.3 is 5.97 Å². The highest BCUT2D eigenvalue weighted by Gasteiger charge is 2.26. The Labute approximate surface area is 207 Å². The first-order valence-electron chi connectivity index (χ1n) is 11.1. The highest BCUT2D eigenvalue weighted by molar-refractivity contribution is 7.18. The van der Waals surface area contributed by atoms with Crippen LogP contribution in [0.1, 0.15) is 61.5 Å². The van der Waals surface area contributed by atoms with Crippen molar-refractivity contribution in [3.05, 3.63) is 73.8 Å². The molecular formula is C25H29N3O4S2. The first-order chi connectivity index (χ1) is 16.4. The van der Waals surface area contributed by atoms with Gasteiger partial charge in [0.05, 0.1) is 29.6 Å². The first-order valence-corrected chi connectivity index (χ1v) is 12.8. The average Bonchev–Trinajstić information content (AvgIpc) is 3.47. The lowest BCUT2D eigenvalue weighted by Gasteiger charge is -2.18. The van der Waals surface area contributed by atoms with Crippen molar-refractivity contribution in [1.82, 2.24) is 10.6 Å². The molecule has 0 saturated heterocycles. The van der Waals surface area contributed by atoms with Gasteiger partial charge in [0, 0.05) is 11.9 Å². The van der Waals surface area contributed by atoms with E-state index < -0.39 is 5.97 Å². The van der Waals surface area contributed by atoms with Crippen molar-refractivity contribution in [3.63, 3.8) is 0 Å². The van der Waals surface area contributed by atoms with Gasteiger partial charge in [0.1, 0.15) is 5.00 Å². The van der Waals surface area contributed by atoms with Crippen LogP contribution in [-0.4, -0.2) is 38.0 Å². The average molecular weight is 500 g/mol. The predicted octanol–water partition coefficient (Wildman–Crippen LogP) is 4.53. The molecule has 34 heavy (non-hydrogen) atoms. The van der Waals surface area contributed by atoms with E-state index in [0.717, 1.165) is 28.2 Å². The van der Waals surface area contributed by atoms with Crippen LogP contribution >= 0.6 is 22.7 Å². The van der Waals surface area contributed by atoms with Gasteiger partial charge in [-0.3, -0.25) is 14.9 Å². The quantitative estimate of drug-likeness (QED) is 0.356. The van der Waals surface area contributed by atoms with E-state index in [1.165, 1.54) is 12.6 Å². The van der Waals surface area contributed by atoms with Crippen molar-refractivity contribution in [3.8, 4) is 0 Å². The number of thiophene rings is 2. The highest BCUT2D eigenvalue weighted by Crippen LogP contribution is 2.34. The first kappa shape index (κ1) is 25.6. The molecule has 3 N–H and O–H groups in total. The van der Waals surface area contributed by atoms with Crippen molar-refractivity contribution < 1.29 is 19.1 Å². The van der Waals surface area contributed by atoms with E-state index in [1.54, 1.807) is 25.2 Å². The van der Waals surface area contributed by atoms with Gasteiger partial charge in [-0.25, -0.2) is 4.79 Å². The number of amides is 2. The van der Waals surface area contributed by atoms with E-state index in [9.17, 15) is 14.4 Å². The number of ether oxygens (including phenoxy) is 1. The number of nitrogens with one attached hydrogen (secondary N) is 3. The molecule has 1 aromatic carbocycles. The molecule has 9 heteroatoms. The van der Waals surface area contributed by atoms with E-state index in [4.69, 9.17) is 4.74 Å². The molecule has 3 aromatic rings. The number of carbonyl (C=O) groups excluding carboxylic acids is 3. The second kappa shape index (κ2) is 11.9. The van der Waals surface area contributed by atoms with Crippen molar-refractivity contribution in [2.45, 2.75) is 33.2 Å². The molecule has 1 atom stereocenters. The minimum absolute atomic E-state index is 0.0205. The lowest BCUT2D eigenvalue weighted by atomic mass is 10.0. The van der Waals surface area contributed by atoms with Crippen LogP contribution in [0.3, 0.4) is 0 Å². The molecule has 3 rings (SSSR count). The van der Waals surface area contributed by atoms with Crippen LogP contribution in [0.4, 0.5) is 5.00 Å². The fraction of sp³-hybridized carbons (Fsp3) is 0.320. The molecule has 0 spiro atoms. The highest BCUT2D eigenvalue weighted by atomic mass is 32.1. The lowest BCUT2D eigenvalue weighted by Crippen LogP contribution is -2.31. The Morgan fingerprint density at radius 2 is 1.82 bits per heavy atom. The molecule has 0 fully saturated rings. The monoisotopic (exact) mass is 499 g/mol. The van der Waals surface area contributed by atoms with Crippen LogP contribution in [-0.2, 0) is 16.0 Å². The second-order valence-corrected chi connectivity index (χ2v) is 9.53. The van der Waals surface area contributed by atoms with E-state index in [0.29, 0.717) is 15.4 Å². The Balaban J connectivity index is 1.79. The molecular weight excluding hydrogens is 470 g/mol. The zero-order valence-electron chi connectivity index (χ0n) is 19.7. The maximum Gasteiger partial charge on any atom is 0.341 e. The van der Waals surface area contributed by atoms with Crippen LogP contribution in [0.5, 0.6) is 0 Å². The van der Waals surface area contributed by atoms with Crippen molar-refractivity contribution in [2.24, 2.45) is 0 Å². The minimum Gasteiger partial charge on any atom is -0.462 e. The normalized spacial score (nSPS) is 11.6. The summed E-state index contributed by atoms with van der Waals surface area (Å²) >= 11 is 2.68. The third-order valence-electron chi connectivity index (χ3n) is 5.33. The van der Waals surface area contributed by atoms with Gasteiger partial charge in [-0.1, -0.05) is 37.3 Å². The van der Waals surface area contributed by atoms with Gasteiger partial charge in [0.15, 0.2) is 0 Å². The Morgan fingerprint density at radius 1 is 1.09 bits per heavy atom. The Bertz CT molecular complexity index is 1140. The molecule has 0 aliphatic carbocycles. The summed E-state index contributed by atoms with van der Waals surface area (Å²) in [5.41, 5.74) is 3.01. The molecule has 180 valence electrons. The summed E-state index contributed by atoms with van der Waals surface area (Å²) in [4.78, 5) is 39.1. The number of aryl methyl sites for hydroxylation is 1. The fourth-order valence-electron chi connectivity index (χ4n) is 3.53. The summed E-state index contributed by atoms with van der Waals surface area (Å²) < 4.78 is 5.15. The SMILES string of the molecule is CCOC(=O)c1c(NC(=O)CNC(c2ccc(CC)cc2)c2cccs2)sc(C(=O)NC)c1C. The molecule has 2 aromatic heterocycles. The van der Waals surface area contributed by atoms with E-state index >= 15 is 0 Å². The maximum absolute atomic E-state index is 12.9. The Hall–Kier alpha value is -3.01. The number of hydrogen-bond donors (Lipinski definition) is 3. The molecule has 0 saturated carbocycles. The van der Waals surface area contributed by atoms with Gasteiger partial charge < -0.3 is 15.4 Å². The zero-order chi connectivity index (χ0) is 24.7. The van der Waals surface area contributed by atoms with E-state index in [1.807, 2.05) is 17.5 Å². The molecule has 0 radical (unpaired) electrons. The van der Waals surface area contributed by atoms with E-state index in [-0.39, 0.29) is 36.6 Å². The lowest BCUT2D eigenvalue weighted by molar-refractivity contribution is -0.115. The largest absolute Gasteiger partial charge is 0.462 e. The number of benzene rings is 1. The van der Waals surface area contributed by atoms with Crippen LogP contribution in [0.15, 0.2) is 41.8 Å². The third kappa shape index (κ3) is 5.91. The van der Waals surface area contributed by atoms with Gasteiger partial charge in [0.25, 0.3) is 5.91 Å². The second-order valence-electron chi connectivity index (χ2n) is 7.53. The van der Waals surface area contributed by atoms with Gasteiger partial charge in [-0.2, -0.15) is 0 Å². The molecule has 0 aliphatic heterocycles. The topological polar surface area (TPSA) is 96.5 Å². The minimum atomic E-state index is -0.567. The zero-order valence-corrected chi connectivity index (χ0v) is 21.3. The molecule has 2 heterocycles. The van der Waals surface area contributed by atoms with Crippen molar-refractivity contribution in [1.29, 1.82) is 0 Å². The summed E-state index contributed by atoms with van der Waals surface area (Å²) in [6.07, 6.45) is 0.959. The number of esters is 1. The van der Waals surface area contributed by atoms with Crippen LogP contribution in [0, 0.1) is 6.92 Å². The third-order valence-corrected chi connectivity index (χ3v) is 7.47. The predicted molar refractivity (Wildman–Crippen MR) is 137 cm³/mol. The van der Waals surface area contributed by atoms with Gasteiger partial charge in [-0.05, 0) is 48.4 Å². The summed E-state index contributed by atoms with van der Waals surface area (Å²) in [7, 11) is 1.52. The molecule has 2 amide bonds.